The first-order valence-electron chi connectivity index (χ1n) is 7.58. The molecule has 0 fully saturated rings. The van der Waals surface area contributed by atoms with Gasteiger partial charge in [-0.05, 0) is 28.3 Å². The van der Waals surface area contributed by atoms with Gasteiger partial charge in [-0.1, -0.05) is 36.4 Å². The minimum absolute atomic E-state index is 0.153. The number of amides is 1. The number of carboxylic acid groups (broad SMARTS) is 1. The Kier molecular flexibility index (Phi) is 4.44. The number of carboxylic acids is 1. The van der Waals surface area contributed by atoms with Crippen molar-refractivity contribution in [3.63, 3.8) is 0 Å². The van der Waals surface area contributed by atoms with Crippen molar-refractivity contribution < 1.29 is 19.4 Å². The van der Waals surface area contributed by atoms with E-state index in [1.807, 2.05) is 24.3 Å². The lowest BCUT2D eigenvalue weighted by atomic mass is 9.93. The van der Waals surface area contributed by atoms with Crippen LogP contribution in [0.15, 0.2) is 48.5 Å². The van der Waals surface area contributed by atoms with Crippen LogP contribution in [0.3, 0.4) is 0 Å². The second kappa shape index (κ2) is 6.68. The molecule has 0 atom stereocenters. The molecule has 0 radical (unpaired) electrons. The summed E-state index contributed by atoms with van der Waals surface area (Å²) in [6.07, 6.45) is 0. The molecule has 0 bridgehead atoms. The van der Waals surface area contributed by atoms with Gasteiger partial charge in [0.15, 0.2) is 0 Å². The van der Waals surface area contributed by atoms with E-state index >= 15 is 0 Å². The molecule has 122 valence electrons. The summed E-state index contributed by atoms with van der Waals surface area (Å²) in [6, 6.07) is 14.4. The van der Waals surface area contributed by atoms with E-state index in [9.17, 15) is 14.7 Å². The van der Waals surface area contributed by atoms with Crippen molar-refractivity contribution in [3.05, 3.63) is 59.7 Å². The zero-order valence-corrected chi connectivity index (χ0v) is 13.2. The molecule has 0 saturated heterocycles. The van der Waals surface area contributed by atoms with Gasteiger partial charge in [-0.25, -0.2) is 4.79 Å². The minimum Gasteiger partial charge on any atom is -0.478 e. The smallest absolute Gasteiger partial charge is 0.336 e. The molecule has 0 aliphatic carbocycles. The van der Waals surface area contributed by atoms with Crippen molar-refractivity contribution in [2.45, 2.75) is 0 Å². The Morgan fingerprint density at radius 2 is 1.83 bits per heavy atom. The average molecular weight is 323 g/mol. The molecule has 24 heavy (non-hydrogen) atoms. The van der Waals surface area contributed by atoms with Gasteiger partial charge in [0.1, 0.15) is 0 Å². The molecular formula is C19H17NO4. The second-order valence-corrected chi connectivity index (χ2v) is 5.43. The molecule has 0 unspecified atom stereocenters. The van der Waals surface area contributed by atoms with E-state index in [1.54, 1.807) is 31.4 Å². The van der Waals surface area contributed by atoms with Crippen LogP contribution in [0.25, 0.3) is 21.5 Å². The SMILES string of the molecule is COCCNC(=O)c1cccc2cc3ccccc3c(C(=O)O)c12. The number of hydrogen-bond donors (Lipinski definition) is 2. The number of benzene rings is 3. The zero-order valence-electron chi connectivity index (χ0n) is 13.2. The van der Waals surface area contributed by atoms with Crippen molar-refractivity contribution in [2.24, 2.45) is 0 Å². The Labute approximate surface area is 138 Å². The number of ether oxygens (including phenoxy) is 1. The molecule has 5 nitrogen and oxygen atoms in total. The van der Waals surface area contributed by atoms with Gasteiger partial charge >= 0.3 is 5.97 Å². The maximum absolute atomic E-state index is 12.5. The molecule has 0 spiro atoms. The summed E-state index contributed by atoms with van der Waals surface area (Å²) in [7, 11) is 1.55. The number of rotatable bonds is 5. The Morgan fingerprint density at radius 1 is 1.08 bits per heavy atom. The first kappa shape index (κ1) is 16.0. The quantitative estimate of drug-likeness (QED) is 0.559. The number of hydrogen-bond acceptors (Lipinski definition) is 3. The molecule has 0 saturated carbocycles. The normalized spacial score (nSPS) is 10.9. The van der Waals surface area contributed by atoms with Crippen LogP contribution < -0.4 is 5.32 Å². The van der Waals surface area contributed by atoms with Gasteiger partial charge in [-0.2, -0.15) is 0 Å². The third kappa shape index (κ3) is 2.81. The molecule has 0 heterocycles. The highest BCUT2D eigenvalue weighted by Gasteiger charge is 2.19. The molecule has 5 heteroatoms. The molecule has 3 rings (SSSR count). The maximum atomic E-state index is 12.5. The number of nitrogens with one attached hydrogen (secondary N) is 1. The van der Waals surface area contributed by atoms with Gasteiger partial charge in [-0.15, -0.1) is 0 Å². The highest BCUT2D eigenvalue weighted by Crippen LogP contribution is 2.31. The van der Waals surface area contributed by atoms with Gasteiger partial charge in [0, 0.05) is 24.6 Å². The van der Waals surface area contributed by atoms with Crippen molar-refractivity contribution in [1.29, 1.82) is 0 Å². The molecular weight excluding hydrogens is 306 g/mol. The number of aromatic carboxylic acids is 1. The lowest BCUT2D eigenvalue weighted by Crippen LogP contribution is -2.27. The summed E-state index contributed by atoms with van der Waals surface area (Å²) in [5.41, 5.74) is 0.507. The highest BCUT2D eigenvalue weighted by molar-refractivity contribution is 6.21. The van der Waals surface area contributed by atoms with E-state index < -0.39 is 5.97 Å². The Morgan fingerprint density at radius 3 is 2.58 bits per heavy atom. The lowest BCUT2D eigenvalue weighted by molar-refractivity contribution is 0.0701. The third-order valence-corrected chi connectivity index (χ3v) is 3.94. The van der Waals surface area contributed by atoms with E-state index in [-0.39, 0.29) is 11.5 Å². The number of carbonyl (C=O) groups excluding carboxylic acids is 1. The average Bonchev–Trinajstić information content (AvgIpc) is 2.58. The summed E-state index contributed by atoms with van der Waals surface area (Å²) in [6.45, 7) is 0.757. The van der Waals surface area contributed by atoms with Crippen LogP contribution in [0.5, 0.6) is 0 Å². The van der Waals surface area contributed by atoms with Gasteiger partial charge in [0.2, 0.25) is 0 Å². The summed E-state index contributed by atoms with van der Waals surface area (Å²) in [4.78, 5) is 24.4. The molecule has 1 amide bonds. The molecule has 2 N–H and O–H groups in total. The van der Waals surface area contributed by atoms with Crippen molar-refractivity contribution >= 4 is 33.4 Å². The molecule has 0 aliphatic heterocycles. The third-order valence-electron chi connectivity index (χ3n) is 3.94. The van der Waals surface area contributed by atoms with E-state index in [0.717, 1.165) is 10.8 Å². The Bertz CT molecular complexity index is 933. The highest BCUT2D eigenvalue weighted by atomic mass is 16.5. The number of methoxy groups -OCH3 is 1. The summed E-state index contributed by atoms with van der Waals surface area (Å²) < 4.78 is 4.93. The van der Waals surface area contributed by atoms with Crippen LogP contribution in [0.2, 0.25) is 0 Å². The second-order valence-electron chi connectivity index (χ2n) is 5.43. The Hall–Kier alpha value is -2.92. The Balaban J connectivity index is 2.26. The van der Waals surface area contributed by atoms with E-state index in [1.165, 1.54) is 0 Å². The van der Waals surface area contributed by atoms with Gasteiger partial charge in [0.05, 0.1) is 12.2 Å². The van der Waals surface area contributed by atoms with Crippen LogP contribution in [0.1, 0.15) is 20.7 Å². The van der Waals surface area contributed by atoms with Gasteiger partial charge < -0.3 is 15.2 Å². The number of fused-ring (bicyclic) bond motifs is 2. The van der Waals surface area contributed by atoms with E-state index in [2.05, 4.69) is 5.32 Å². The van der Waals surface area contributed by atoms with E-state index in [4.69, 9.17) is 4.74 Å². The summed E-state index contributed by atoms with van der Waals surface area (Å²) in [5, 5.41) is 15.1. The van der Waals surface area contributed by atoms with Crippen LogP contribution in [-0.4, -0.2) is 37.2 Å². The molecule has 0 aliphatic rings. The largest absolute Gasteiger partial charge is 0.478 e. The predicted octanol–water partition coefficient (Wildman–Crippen LogP) is 3.07. The summed E-state index contributed by atoms with van der Waals surface area (Å²) >= 11 is 0. The fraction of sp³-hybridized carbons (Fsp3) is 0.158. The van der Waals surface area contributed by atoms with Crippen LogP contribution in [0.4, 0.5) is 0 Å². The topological polar surface area (TPSA) is 75.6 Å². The first-order valence-corrected chi connectivity index (χ1v) is 7.58. The van der Waals surface area contributed by atoms with Crippen molar-refractivity contribution in [1.82, 2.24) is 5.32 Å². The van der Waals surface area contributed by atoms with Crippen molar-refractivity contribution in [3.8, 4) is 0 Å². The predicted molar refractivity (Wildman–Crippen MR) is 92.6 cm³/mol. The molecule has 3 aromatic carbocycles. The van der Waals surface area contributed by atoms with Crippen LogP contribution in [-0.2, 0) is 4.74 Å². The number of carbonyl (C=O) groups is 2. The first-order chi connectivity index (χ1) is 11.6. The standard InChI is InChI=1S/C19H17NO4/c1-24-10-9-20-18(21)15-8-4-6-13-11-12-5-2-3-7-14(12)17(16(13)15)19(22)23/h2-8,11H,9-10H2,1H3,(H,20,21)(H,22,23). The van der Waals surface area contributed by atoms with Crippen molar-refractivity contribution in [2.75, 3.05) is 20.3 Å². The lowest BCUT2D eigenvalue weighted by Gasteiger charge is -2.12. The fourth-order valence-electron chi connectivity index (χ4n) is 2.90. The van der Waals surface area contributed by atoms with Gasteiger partial charge in [-0.3, -0.25) is 4.79 Å². The van der Waals surface area contributed by atoms with Crippen LogP contribution >= 0.6 is 0 Å². The molecule has 0 aromatic heterocycles. The zero-order chi connectivity index (χ0) is 17.1. The summed E-state index contributed by atoms with van der Waals surface area (Å²) in [5.74, 6) is -1.36. The minimum atomic E-state index is -1.05. The monoisotopic (exact) mass is 323 g/mol. The molecule has 3 aromatic rings. The van der Waals surface area contributed by atoms with Crippen LogP contribution in [0, 0.1) is 0 Å². The van der Waals surface area contributed by atoms with Gasteiger partial charge in [0.25, 0.3) is 5.91 Å². The maximum Gasteiger partial charge on any atom is 0.336 e. The fourth-order valence-corrected chi connectivity index (χ4v) is 2.90. The van der Waals surface area contributed by atoms with E-state index in [0.29, 0.717) is 29.5 Å².